The molecule has 4 nitrogen and oxygen atoms in total. The van der Waals surface area contributed by atoms with Crippen LogP contribution in [0.4, 0.5) is 0 Å². The fourth-order valence-corrected chi connectivity index (χ4v) is 5.92. The van der Waals surface area contributed by atoms with E-state index >= 15 is 0 Å². The number of benzene rings is 1. The third-order valence-electron chi connectivity index (χ3n) is 5.28. The van der Waals surface area contributed by atoms with Crippen LogP contribution in [0.15, 0.2) is 39.9 Å². The van der Waals surface area contributed by atoms with Crippen molar-refractivity contribution in [2.75, 3.05) is 26.2 Å². The lowest BCUT2D eigenvalue weighted by molar-refractivity contribution is 0.182. The molecule has 1 aromatic carbocycles. The first kappa shape index (κ1) is 17.2. The van der Waals surface area contributed by atoms with Gasteiger partial charge in [-0.1, -0.05) is 6.07 Å². The summed E-state index contributed by atoms with van der Waals surface area (Å²) in [7, 11) is -3.37. The number of rotatable bonds is 4. The van der Waals surface area contributed by atoms with Crippen LogP contribution in [0.3, 0.4) is 0 Å². The molecule has 1 saturated heterocycles. The van der Waals surface area contributed by atoms with Gasteiger partial charge < -0.3 is 0 Å². The van der Waals surface area contributed by atoms with Crippen LogP contribution >= 0.6 is 11.3 Å². The summed E-state index contributed by atoms with van der Waals surface area (Å²) in [6, 6.07) is 7.88. The Hall–Kier alpha value is -1.21. The largest absolute Gasteiger partial charge is 0.296 e. The molecule has 6 heteroatoms. The number of hydrogen-bond donors (Lipinski definition) is 0. The number of thiophene rings is 1. The average molecular weight is 377 g/mol. The lowest BCUT2D eigenvalue weighted by Crippen LogP contribution is -2.48. The van der Waals surface area contributed by atoms with Gasteiger partial charge in [-0.15, -0.1) is 0 Å². The van der Waals surface area contributed by atoms with Crippen molar-refractivity contribution >= 4 is 21.4 Å². The first-order chi connectivity index (χ1) is 12.1. The minimum absolute atomic E-state index is 0.472. The van der Waals surface area contributed by atoms with Gasteiger partial charge in [-0.3, -0.25) is 4.90 Å². The van der Waals surface area contributed by atoms with Gasteiger partial charge in [-0.05, 0) is 71.3 Å². The van der Waals surface area contributed by atoms with Crippen LogP contribution in [0.5, 0.6) is 0 Å². The van der Waals surface area contributed by atoms with Gasteiger partial charge in [0, 0.05) is 32.7 Å². The monoisotopic (exact) mass is 376 g/mol. The van der Waals surface area contributed by atoms with E-state index in [1.54, 1.807) is 21.7 Å². The molecule has 2 heterocycles. The molecule has 4 rings (SSSR count). The summed E-state index contributed by atoms with van der Waals surface area (Å²) >= 11 is 1.71. The van der Waals surface area contributed by atoms with E-state index in [1.165, 1.54) is 23.1 Å². The number of sulfonamides is 1. The lowest BCUT2D eigenvalue weighted by Gasteiger charge is -2.34. The molecule has 0 atom stereocenters. The quantitative estimate of drug-likeness (QED) is 0.823. The van der Waals surface area contributed by atoms with E-state index in [9.17, 15) is 8.42 Å². The number of fused-ring (bicyclic) bond motifs is 1. The second-order valence-corrected chi connectivity index (χ2v) is 9.67. The first-order valence-corrected chi connectivity index (χ1v) is 11.4. The molecule has 25 heavy (non-hydrogen) atoms. The van der Waals surface area contributed by atoms with Gasteiger partial charge in [0.25, 0.3) is 0 Å². The second-order valence-electron chi connectivity index (χ2n) is 6.95. The van der Waals surface area contributed by atoms with Crippen LogP contribution in [-0.2, 0) is 29.4 Å². The van der Waals surface area contributed by atoms with E-state index in [4.69, 9.17) is 0 Å². The zero-order valence-corrected chi connectivity index (χ0v) is 16.0. The van der Waals surface area contributed by atoms with Crippen LogP contribution < -0.4 is 0 Å². The first-order valence-electron chi connectivity index (χ1n) is 8.98. The highest BCUT2D eigenvalue weighted by Gasteiger charge is 2.29. The van der Waals surface area contributed by atoms with Gasteiger partial charge in [0.2, 0.25) is 10.0 Å². The molecule has 0 saturated carbocycles. The predicted octanol–water partition coefficient (Wildman–Crippen LogP) is 3.13. The zero-order chi connectivity index (χ0) is 17.3. The van der Waals surface area contributed by atoms with E-state index < -0.39 is 10.0 Å². The summed E-state index contributed by atoms with van der Waals surface area (Å²) in [5.41, 5.74) is 3.87. The van der Waals surface area contributed by atoms with E-state index in [0.29, 0.717) is 18.0 Å². The van der Waals surface area contributed by atoms with E-state index in [0.717, 1.165) is 38.9 Å². The Labute approximate surface area is 154 Å². The van der Waals surface area contributed by atoms with Crippen molar-refractivity contribution in [3.05, 3.63) is 51.7 Å². The molecule has 1 aliphatic heterocycles. The van der Waals surface area contributed by atoms with Crippen molar-refractivity contribution < 1.29 is 8.42 Å². The summed E-state index contributed by atoms with van der Waals surface area (Å²) in [5.74, 6) is 0. The van der Waals surface area contributed by atoms with Crippen LogP contribution in [0, 0.1) is 0 Å². The van der Waals surface area contributed by atoms with Gasteiger partial charge in [0.15, 0.2) is 0 Å². The highest BCUT2D eigenvalue weighted by Crippen LogP contribution is 2.26. The molecule has 1 aliphatic carbocycles. The highest BCUT2D eigenvalue weighted by molar-refractivity contribution is 7.89. The second kappa shape index (κ2) is 7.19. The fourth-order valence-electron chi connectivity index (χ4n) is 3.79. The Balaban J connectivity index is 1.44. The van der Waals surface area contributed by atoms with E-state index in [2.05, 4.69) is 21.7 Å². The third kappa shape index (κ3) is 3.67. The lowest BCUT2D eigenvalue weighted by atomic mass is 9.92. The number of hydrogen-bond acceptors (Lipinski definition) is 4. The Bertz CT molecular complexity index is 823. The van der Waals surface area contributed by atoms with Crippen molar-refractivity contribution in [3.8, 4) is 0 Å². The molecule has 0 N–H and O–H groups in total. The number of aryl methyl sites for hydroxylation is 2. The SMILES string of the molecule is O=S(=O)(c1ccc2c(c1)CCCC2)N1CCN(Cc2ccsc2)CC1. The normalized spacial score (nSPS) is 19.7. The Morgan fingerprint density at radius 3 is 2.44 bits per heavy atom. The van der Waals surface area contributed by atoms with E-state index in [-0.39, 0.29) is 0 Å². The molecule has 2 aliphatic rings. The van der Waals surface area contributed by atoms with Crippen molar-refractivity contribution in [1.29, 1.82) is 0 Å². The maximum atomic E-state index is 13.0. The summed E-state index contributed by atoms with van der Waals surface area (Å²) in [4.78, 5) is 2.81. The molecule has 1 fully saturated rings. The van der Waals surface area contributed by atoms with Gasteiger partial charge >= 0.3 is 0 Å². The van der Waals surface area contributed by atoms with Crippen molar-refractivity contribution in [2.45, 2.75) is 37.1 Å². The topological polar surface area (TPSA) is 40.6 Å². The smallest absolute Gasteiger partial charge is 0.243 e. The third-order valence-corrected chi connectivity index (χ3v) is 7.90. The maximum absolute atomic E-state index is 13.0. The van der Waals surface area contributed by atoms with Crippen molar-refractivity contribution in [1.82, 2.24) is 9.21 Å². The van der Waals surface area contributed by atoms with Gasteiger partial charge in [0.05, 0.1) is 4.90 Å². The van der Waals surface area contributed by atoms with Gasteiger partial charge in [-0.2, -0.15) is 15.6 Å². The predicted molar refractivity (Wildman–Crippen MR) is 101 cm³/mol. The molecule has 0 bridgehead atoms. The molecule has 0 radical (unpaired) electrons. The molecule has 134 valence electrons. The molecule has 1 aromatic heterocycles. The standard InChI is InChI=1S/C19H24N2O2S2/c22-25(23,19-6-5-17-3-1-2-4-18(17)13-19)21-10-8-20(9-11-21)14-16-7-12-24-15-16/h5-7,12-13,15H,1-4,8-11,14H2. The Morgan fingerprint density at radius 1 is 0.960 bits per heavy atom. The molecular formula is C19H24N2O2S2. The number of piperazine rings is 1. The van der Waals surface area contributed by atoms with Crippen molar-refractivity contribution in [3.63, 3.8) is 0 Å². The highest BCUT2D eigenvalue weighted by atomic mass is 32.2. The molecule has 0 spiro atoms. The zero-order valence-electron chi connectivity index (χ0n) is 14.4. The van der Waals surface area contributed by atoms with E-state index in [1.807, 2.05) is 12.1 Å². The van der Waals surface area contributed by atoms with Gasteiger partial charge in [0.1, 0.15) is 0 Å². The molecular weight excluding hydrogens is 352 g/mol. The fraction of sp³-hybridized carbons (Fsp3) is 0.474. The van der Waals surface area contributed by atoms with Crippen LogP contribution in [0.25, 0.3) is 0 Å². The van der Waals surface area contributed by atoms with Gasteiger partial charge in [-0.25, -0.2) is 8.42 Å². The Morgan fingerprint density at radius 2 is 1.72 bits per heavy atom. The van der Waals surface area contributed by atoms with Crippen LogP contribution in [0.2, 0.25) is 0 Å². The summed E-state index contributed by atoms with van der Waals surface area (Å²) < 4.78 is 27.7. The maximum Gasteiger partial charge on any atom is 0.243 e. The summed E-state index contributed by atoms with van der Waals surface area (Å²) in [6.45, 7) is 3.64. The molecule has 0 unspecified atom stereocenters. The minimum Gasteiger partial charge on any atom is -0.296 e. The molecule has 2 aromatic rings. The van der Waals surface area contributed by atoms with Crippen LogP contribution in [-0.4, -0.2) is 43.8 Å². The minimum atomic E-state index is -3.37. The van der Waals surface area contributed by atoms with Crippen molar-refractivity contribution in [2.24, 2.45) is 0 Å². The Kier molecular flexibility index (Phi) is 4.95. The average Bonchev–Trinajstić information content (AvgIpc) is 3.15. The summed E-state index contributed by atoms with van der Waals surface area (Å²) in [5, 5.41) is 4.25. The number of nitrogens with zero attached hydrogens (tertiary/aromatic N) is 2. The van der Waals surface area contributed by atoms with Crippen LogP contribution in [0.1, 0.15) is 29.5 Å². The summed E-state index contributed by atoms with van der Waals surface area (Å²) in [6.07, 6.45) is 4.47. The molecule has 0 amide bonds.